The Morgan fingerprint density at radius 1 is 1.31 bits per heavy atom. The molecule has 2 aromatic rings. The zero-order valence-corrected chi connectivity index (χ0v) is 9.98. The van der Waals surface area contributed by atoms with E-state index < -0.39 is 0 Å². The van der Waals surface area contributed by atoms with Crippen molar-refractivity contribution in [3.63, 3.8) is 0 Å². The van der Waals surface area contributed by atoms with Crippen molar-refractivity contribution in [1.82, 2.24) is 4.57 Å². The van der Waals surface area contributed by atoms with Gasteiger partial charge in [-0.3, -0.25) is 0 Å². The number of hydrogen-bond donors (Lipinski definition) is 1. The summed E-state index contributed by atoms with van der Waals surface area (Å²) in [5, 5.41) is 0.804. The van der Waals surface area contributed by atoms with Gasteiger partial charge in [-0.2, -0.15) is 0 Å². The molecule has 16 heavy (non-hydrogen) atoms. The Labute approximate surface area is 101 Å². The summed E-state index contributed by atoms with van der Waals surface area (Å²) in [6, 6.07) is 10.0. The summed E-state index contributed by atoms with van der Waals surface area (Å²) in [7, 11) is 0. The van der Waals surface area contributed by atoms with Gasteiger partial charge >= 0.3 is 0 Å². The average Bonchev–Trinajstić information content (AvgIpc) is 2.70. The third-order valence-corrected chi connectivity index (χ3v) is 2.98. The molecule has 1 unspecified atom stereocenters. The van der Waals surface area contributed by atoms with Crippen LogP contribution >= 0.6 is 11.6 Å². The molecule has 0 aliphatic rings. The second-order valence-corrected chi connectivity index (χ2v) is 4.40. The summed E-state index contributed by atoms with van der Waals surface area (Å²) in [5.41, 5.74) is 8.08. The molecule has 3 heteroatoms. The van der Waals surface area contributed by atoms with Crippen LogP contribution in [0.25, 0.3) is 0 Å². The summed E-state index contributed by atoms with van der Waals surface area (Å²) >= 11 is 6.11. The summed E-state index contributed by atoms with van der Waals surface area (Å²) in [5.74, 6) is 0. The van der Waals surface area contributed by atoms with Crippen molar-refractivity contribution in [2.24, 2.45) is 5.73 Å². The molecule has 0 spiro atoms. The van der Waals surface area contributed by atoms with Gasteiger partial charge in [0.2, 0.25) is 0 Å². The van der Waals surface area contributed by atoms with Crippen LogP contribution in [-0.2, 0) is 6.54 Å². The van der Waals surface area contributed by atoms with E-state index in [2.05, 4.69) is 10.8 Å². The number of halogens is 1. The lowest BCUT2D eigenvalue weighted by Crippen LogP contribution is -2.04. The van der Waals surface area contributed by atoms with E-state index >= 15 is 0 Å². The predicted octanol–water partition coefficient (Wildman–Crippen LogP) is 3.21. The third kappa shape index (κ3) is 2.46. The third-order valence-electron chi connectivity index (χ3n) is 2.61. The Hall–Kier alpha value is -1.25. The maximum absolute atomic E-state index is 6.11. The number of nitrogens with two attached hydrogens (primary N) is 1. The smallest absolute Gasteiger partial charge is 0.0485 e. The van der Waals surface area contributed by atoms with Crippen LogP contribution in [0.5, 0.6) is 0 Å². The van der Waals surface area contributed by atoms with Crippen molar-refractivity contribution >= 4 is 11.6 Å². The molecule has 1 atom stereocenters. The molecule has 0 radical (unpaired) electrons. The van der Waals surface area contributed by atoms with Crippen LogP contribution in [0.15, 0.2) is 42.7 Å². The van der Waals surface area contributed by atoms with E-state index in [1.54, 1.807) is 0 Å². The highest BCUT2D eigenvalue weighted by Gasteiger charge is 2.03. The molecule has 2 nitrogen and oxygen atoms in total. The molecule has 1 heterocycles. The summed E-state index contributed by atoms with van der Waals surface area (Å²) < 4.78 is 2.10. The van der Waals surface area contributed by atoms with Gasteiger partial charge in [0.15, 0.2) is 0 Å². The highest BCUT2D eigenvalue weighted by molar-refractivity contribution is 6.31. The minimum Gasteiger partial charge on any atom is -0.350 e. The average molecular weight is 235 g/mol. The van der Waals surface area contributed by atoms with Gasteiger partial charge in [0.1, 0.15) is 0 Å². The van der Waals surface area contributed by atoms with E-state index in [1.165, 1.54) is 0 Å². The van der Waals surface area contributed by atoms with Crippen LogP contribution < -0.4 is 5.73 Å². The first-order valence-electron chi connectivity index (χ1n) is 5.31. The Kier molecular flexibility index (Phi) is 3.32. The molecule has 0 aliphatic carbocycles. The number of nitrogens with zero attached hydrogens (tertiary/aromatic N) is 1. The van der Waals surface area contributed by atoms with Crippen molar-refractivity contribution in [2.45, 2.75) is 19.5 Å². The normalized spacial score (nSPS) is 12.7. The molecule has 0 fully saturated rings. The van der Waals surface area contributed by atoms with Crippen molar-refractivity contribution in [1.29, 1.82) is 0 Å². The number of benzene rings is 1. The van der Waals surface area contributed by atoms with Gasteiger partial charge in [-0.05, 0) is 30.2 Å². The minimum absolute atomic E-state index is 0.0764. The first kappa shape index (κ1) is 11.2. The largest absolute Gasteiger partial charge is 0.350 e. The second kappa shape index (κ2) is 4.73. The van der Waals surface area contributed by atoms with Crippen molar-refractivity contribution < 1.29 is 0 Å². The fourth-order valence-electron chi connectivity index (χ4n) is 1.65. The van der Waals surface area contributed by atoms with Crippen LogP contribution in [0.4, 0.5) is 0 Å². The molecule has 0 amide bonds. The lowest BCUT2D eigenvalue weighted by atomic mass is 10.2. The van der Waals surface area contributed by atoms with Crippen molar-refractivity contribution in [3.8, 4) is 0 Å². The Bertz CT molecular complexity index is 474. The monoisotopic (exact) mass is 234 g/mol. The standard InChI is InChI=1S/C13H15ClN2/c1-10(15)11-6-7-16(8-11)9-12-4-2-3-5-13(12)14/h2-8,10H,9,15H2,1H3. The number of hydrogen-bond acceptors (Lipinski definition) is 1. The van der Waals surface area contributed by atoms with E-state index in [-0.39, 0.29) is 6.04 Å². The quantitative estimate of drug-likeness (QED) is 0.869. The molecule has 0 bridgehead atoms. The molecule has 1 aromatic heterocycles. The summed E-state index contributed by atoms with van der Waals surface area (Å²) in [6.07, 6.45) is 4.09. The van der Waals surface area contributed by atoms with Crippen LogP contribution in [0.2, 0.25) is 5.02 Å². The molecule has 1 aromatic carbocycles. The Morgan fingerprint density at radius 2 is 2.06 bits per heavy atom. The fourth-order valence-corrected chi connectivity index (χ4v) is 1.85. The van der Waals surface area contributed by atoms with Crippen LogP contribution in [-0.4, -0.2) is 4.57 Å². The number of aromatic nitrogens is 1. The highest BCUT2D eigenvalue weighted by Crippen LogP contribution is 2.17. The lowest BCUT2D eigenvalue weighted by molar-refractivity contribution is 0.778. The first-order valence-corrected chi connectivity index (χ1v) is 5.69. The van der Waals surface area contributed by atoms with Gasteiger partial charge in [-0.15, -0.1) is 0 Å². The van der Waals surface area contributed by atoms with E-state index in [9.17, 15) is 0 Å². The zero-order chi connectivity index (χ0) is 11.5. The van der Waals surface area contributed by atoms with E-state index in [0.29, 0.717) is 0 Å². The molecule has 0 saturated heterocycles. The fraction of sp³-hybridized carbons (Fsp3) is 0.231. The zero-order valence-electron chi connectivity index (χ0n) is 9.23. The van der Waals surface area contributed by atoms with E-state index in [0.717, 1.165) is 22.7 Å². The van der Waals surface area contributed by atoms with E-state index in [1.807, 2.05) is 43.5 Å². The maximum Gasteiger partial charge on any atom is 0.0485 e. The SMILES string of the molecule is CC(N)c1ccn(Cc2ccccc2Cl)c1. The van der Waals surface area contributed by atoms with Gasteiger partial charge in [-0.1, -0.05) is 29.8 Å². The number of rotatable bonds is 3. The van der Waals surface area contributed by atoms with Crippen LogP contribution in [0.1, 0.15) is 24.1 Å². The summed E-state index contributed by atoms with van der Waals surface area (Å²) in [6.45, 7) is 2.77. The van der Waals surface area contributed by atoms with Gasteiger partial charge in [-0.25, -0.2) is 0 Å². The van der Waals surface area contributed by atoms with Crippen molar-refractivity contribution in [2.75, 3.05) is 0 Å². The van der Waals surface area contributed by atoms with Gasteiger partial charge in [0.25, 0.3) is 0 Å². The first-order chi connectivity index (χ1) is 7.66. The Morgan fingerprint density at radius 3 is 2.69 bits per heavy atom. The molecule has 0 saturated carbocycles. The molecule has 2 rings (SSSR count). The predicted molar refractivity (Wildman–Crippen MR) is 67.6 cm³/mol. The van der Waals surface area contributed by atoms with E-state index in [4.69, 9.17) is 17.3 Å². The molecule has 2 N–H and O–H groups in total. The minimum atomic E-state index is 0.0764. The highest BCUT2D eigenvalue weighted by atomic mass is 35.5. The van der Waals surface area contributed by atoms with Crippen LogP contribution in [0.3, 0.4) is 0 Å². The maximum atomic E-state index is 6.11. The Balaban J connectivity index is 2.18. The lowest BCUT2D eigenvalue weighted by Gasteiger charge is -2.05. The molecule has 84 valence electrons. The van der Waals surface area contributed by atoms with Gasteiger partial charge in [0.05, 0.1) is 0 Å². The van der Waals surface area contributed by atoms with Gasteiger partial charge < -0.3 is 10.3 Å². The van der Waals surface area contributed by atoms with Crippen molar-refractivity contribution in [3.05, 3.63) is 58.9 Å². The molecular weight excluding hydrogens is 220 g/mol. The molecular formula is C13H15ClN2. The summed E-state index contributed by atoms with van der Waals surface area (Å²) in [4.78, 5) is 0. The van der Waals surface area contributed by atoms with Gasteiger partial charge in [0, 0.05) is 30.0 Å². The topological polar surface area (TPSA) is 30.9 Å². The molecule has 0 aliphatic heterocycles. The van der Waals surface area contributed by atoms with Crippen LogP contribution in [0, 0.1) is 0 Å². The second-order valence-electron chi connectivity index (χ2n) is 4.00.